The molecular weight excluding hydrogens is 256 g/mol. The lowest BCUT2D eigenvalue weighted by Crippen LogP contribution is -2.06. The molecule has 0 unspecified atom stereocenters. The van der Waals surface area contributed by atoms with Crippen LogP contribution >= 0.6 is 0 Å². The standard InChI is InChI=1S/C14H20N4O2/c1-19-11-5-6-12(14(9-11)20-2)13-10-16-17-18(13)8-4-3-7-15/h5-6,9-10H,3-4,7-8,15H2,1-2H3. The van der Waals surface area contributed by atoms with Crippen LogP contribution in [0.4, 0.5) is 0 Å². The Balaban J connectivity index is 2.29. The second-order valence-corrected chi connectivity index (χ2v) is 4.40. The van der Waals surface area contributed by atoms with Gasteiger partial charge in [-0.1, -0.05) is 5.21 Å². The van der Waals surface area contributed by atoms with Crippen LogP contribution < -0.4 is 15.2 Å². The van der Waals surface area contributed by atoms with Gasteiger partial charge in [0, 0.05) is 18.2 Å². The van der Waals surface area contributed by atoms with E-state index in [1.807, 2.05) is 22.9 Å². The van der Waals surface area contributed by atoms with Crippen molar-refractivity contribution in [2.24, 2.45) is 5.73 Å². The maximum absolute atomic E-state index is 5.52. The van der Waals surface area contributed by atoms with Crippen LogP contribution in [0.1, 0.15) is 12.8 Å². The van der Waals surface area contributed by atoms with Crippen LogP contribution in [0.15, 0.2) is 24.4 Å². The molecule has 0 saturated carbocycles. The predicted molar refractivity (Wildman–Crippen MR) is 76.9 cm³/mol. The van der Waals surface area contributed by atoms with Crippen molar-refractivity contribution in [3.05, 3.63) is 24.4 Å². The Labute approximate surface area is 118 Å². The molecule has 2 rings (SSSR count). The molecule has 0 aliphatic heterocycles. The minimum Gasteiger partial charge on any atom is -0.497 e. The average molecular weight is 276 g/mol. The Kier molecular flexibility index (Phi) is 4.95. The van der Waals surface area contributed by atoms with Crippen molar-refractivity contribution >= 4 is 0 Å². The summed E-state index contributed by atoms with van der Waals surface area (Å²) >= 11 is 0. The molecule has 6 heteroatoms. The van der Waals surface area contributed by atoms with Crippen LogP contribution in [-0.4, -0.2) is 35.8 Å². The van der Waals surface area contributed by atoms with Gasteiger partial charge in [-0.3, -0.25) is 0 Å². The number of nitrogens with two attached hydrogens (primary N) is 1. The largest absolute Gasteiger partial charge is 0.497 e. The lowest BCUT2D eigenvalue weighted by Gasteiger charge is -2.11. The summed E-state index contributed by atoms with van der Waals surface area (Å²) in [4.78, 5) is 0. The maximum Gasteiger partial charge on any atom is 0.131 e. The first kappa shape index (κ1) is 14.3. The van der Waals surface area contributed by atoms with E-state index < -0.39 is 0 Å². The molecule has 0 atom stereocenters. The van der Waals surface area contributed by atoms with Crippen LogP contribution in [0.2, 0.25) is 0 Å². The molecule has 0 amide bonds. The van der Waals surface area contributed by atoms with Gasteiger partial charge in [0.05, 0.1) is 26.1 Å². The Bertz CT molecular complexity index is 554. The van der Waals surface area contributed by atoms with Gasteiger partial charge in [-0.2, -0.15) is 0 Å². The second kappa shape index (κ2) is 6.91. The number of unbranched alkanes of at least 4 members (excludes halogenated alkanes) is 1. The summed E-state index contributed by atoms with van der Waals surface area (Å²) in [5.74, 6) is 1.50. The molecule has 6 nitrogen and oxygen atoms in total. The number of nitrogens with zero attached hydrogens (tertiary/aromatic N) is 3. The zero-order chi connectivity index (χ0) is 14.4. The van der Waals surface area contributed by atoms with E-state index in [-0.39, 0.29) is 0 Å². The van der Waals surface area contributed by atoms with Gasteiger partial charge in [-0.25, -0.2) is 4.68 Å². The topological polar surface area (TPSA) is 75.2 Å². The zero-order valence-corrected chi connectivity index (χ0v) is 11.9. The maximum atomic E-state index is 5.52. The van der Waals surface area contributed by atoms with Crippen LogP contribution in [0.5, 0.6) is 11.5 Å². The number of aromatic nitrogens is 3. The summed E-state index contributed by atoms with van der Waals surface area (Å²) in [6.07, 6.45) is 3.69. The second-order valence-electron chi connectivity index (χ2n) is 4.40. The molecule has 108 valence electrons. The minimum absolute atomic E-state index is 0.690. The highest BCUT2D eigenvalue weighted by Crippen LogP contribution is 2.32. The molecule has 0 fully saturated rings. The number of methoxy groups -OCH3 is 2. The number of hydrogen-bond donors (Lipinski definition) is 1. The minimum atomic E-state index is 0.690. The Morgan fingerprint density at radius 2 is 2.05 bits per heavy atom. The van der Waals surface area contributed by atoms with Crippen molar-refractivity contribution in [1.82, 2.24) is 15.0 Å². The van der Waals surface area contributed by atoms with Gasteiger partial charge >= 0.3 is 0 Å². The first-order chi connectivity index (χ1) is 9.80. The fourth-order valence-corrected chi connectivity index (χ4v) is 2.05. The van der Waals surface area contributed by atoms with Crippen molar-refractivity contribution < 1.29 is 9.47 Å². The van der Waals surface area contributed by atoms with E-state index in [1.165, 1.54) is 0 Å². The summed E-state index contributed by atoms with van der Waals surface area (Å²) in [6.45, 7) is 1.48. The normalized spacial score (nSPS) is 10.6. The lowest BCUT2D eigenvalue weighted by molar-refractivity contribution is 0.395. The smallest absolute Gasteiger partial charge is 0.131 e. The molecule has 20 heavy (non-hydrogen) atoms. The number of ether oxygens (including phenoxy) is 2. The average Bonchev–Trinajstić information content (AvgIpc) is 2.95. The van der Waals surface area contributed by atoms with Crippen molar-refractivity contribution in [2.75, 3.05) is 20.8 Å². The molecule has 2 aromatic rings. The van der Waals surface area contributed by atoms with Crippen LogP contribution in [0.25, 0.3) is 11.3 Å². The van der Waals surface area contributed by atoms with Gasteiger partial charge in [0.15, 0.2) is 0 Å². The van der Waals surface area contributed by atoms with Gasteiger partial charge in [-0.05, 0) is 31.5 Å². The predicted octanol–water partition coefficient (Wildman–Crippen LogP) is 1.70. The molecular formula is C14H20N4O2. The quantitative estimate of drug-likeness (QED) is 0.779. The van der Waals surface area contributed by atoms with E-state index in [9.17, 15) is 0 Å². The molecule has 0 bridgehead atoms. The fraction of sp³-hybridized carbons (Fsp3) is 0.429. The zero-order valence-electron chi connectivity index (χ0n) is 11.9. The van der Waals surface area contributed by atoms with E-state index in [2.05, 4.69) is 10.3 Å². The van der Waals surface area contributed by atoms with E-state index in [0.717, 1.165) is 42.1 Å². The molecule has 0 aliphatic carbocycles. The Hall–Kier alpha value is -2.08. The molecule has 1 aromatic heterocycles. The lowest BCUT2D eigenvalue weighted by atomic mass is 10.1. The molecule has 0 spiro atoms. The van der Waals surface area contributed by atoms with E-state index in [0.29, 0.717) is 6.54 Å². The van der Waals surface area contributed by atoms with E-state index in [4.69, 9.17) is 15.2 Å². The number of hydrogen-bond acceptors (Lipinski definition) is 5. The molecule has 0 radical (unpaired) electrons. The highest BCUT2D eigenvalue weighted by atomic mass is 16.5. The van der Waals surface area contributed by atoms with Gasteiger partial charge in [0.1, 0.15) is 11.5 Å². The summed E-state index contributed by atoms with van der Waals surface area (Å²) in [6, 6.07) is 5.71. The molecule has 2 N–H and O–H groups in total. The summed E-state index contributed by atoms with van der Waals surface area (Å²) in [5.41, 5.74) is 7.40. The van der Waals surface area contributed by atoms with Crippen molar-refractivity contribution in [3.63, 3.8) is 0 Å². The Morgan fingerprint density at radius 3 is 2.75 bits per heavy atom. The number of rotatable bonds is 7. The molecule has 1 heterocycles. The van der Waals surface area contributed by atoms with Crippen LogP contribution in [0.3, 0.4) is 0 Å². The molecule has 1 aromatic carbocycles. The monoisotopic (exact) mass is 276 g/mol. The van der Waals surface area contributed by atoms with Gasteiger partial charge in [0.2, 0.25) is 0 Å². The molecule has 0 aliphatic rings. The van der Waals surface area contributed by atoms with E-state index >= 15 is 0 Å². The third kappa shape index (κ3) is 3.08. The SMILES string of the molecule is COc1ccc(-c2cnnn2CCCCN)c(OC)c1. The van der Waals surface area contributed by atoms with Crippen molar-refractivity contribution in [3.8, 4) is 22.8 Å². The summed E-state index contributed by atoms with van der Waals surface area (Å²) in [5, 5.41) is 8.11. The van der Waals surface area contributed by atoms with Crippen LogP contribution in [-0.2, 0) is 6.54 Å². The first-order valence-corrected chi connectivity index (χ1v) is 6.61. The Morgan fingerprint density at radius 1 is 1.20 bits per heavy atom. The highest BCUT2D eigenvalue weighted by Gasteiger charge is 2.12. The van der Waals surface area contributed by atoms with Gasteiger partial charge in [0.25, 0.3) is 0 Å². The van der Waals surface area contributed by atoms with Gasteiger partial charge < -0.3 is 15.2 Å². The van der Waals surface area contributed by atoms with Gasteiger partial charge in [-0.15, -0.1) is 5.10 Å². The summed E-state index contributed by atoms with van der Waals surface area (Å²) in [7, 11) is 3.27. The molecule has 0 saturated heterocycles. The third-order valence-electron chi connectivity index (χ3n) is 3.13. The highest BCUT2D eigenvalue weighted by molar-refractivity contribution is 5.68. The first-order valence-electron chi connectivity index (χ1n) is 6.61. The fourth-order valence-electron chi connectivity index (χ4n) is 2.05. The third-order valence-corrected chi connectivity index (χ3v) is 3.13. The van der Waals surface area contributed by atoms with E-state index in [1.54, 1.807) is 20.4 Å². The van der Waals surface area contributed by atoms with Crippen molar-refractivity contribution in [1.29, 1.82) is 0 Å². The van der Waals surface area contributed by atoms with Crippen molar-refractivity contribution in [2.45, 2.75) is 19.4 Å². The van der Waals surface area contributed by atoms with Crippen LogP contribution in [0, 0.1) is 0 Å². The summed E-state index contributed by atoms with van der Waals surface area (Å²) < 4.78 is 12.5. The number of aryl methyl sites for hydroxylation is 1. The number of benzene rings is 1.